The van der Waals surface area contributed by atoms with Crippen molar-refractivity contribution in [1.82, 2.24) is 4.57 Å². The quantitative estimate of drug-likeness (QED) is 0.520. The van der Waals surface area contributed by atoms with Gasteiger partial charge >= 0.3 is 6.18 Å². The first-order chi connectivity index (χ1) is 10.9. The molecule has 0 bridgehead atoms. The lowest BCUT2D eigenvalue weighted by Crippen LogP contribution is -2.12. The van der Waals surface area contributed by atoms with E-state index in [0.29, 0.717) is 35.2 Å². The van der Waals surface area contributed by atoms with E-state index in [0.717, 1.165) is 23.5 Å². The molecule has 24 heavy (non-hydrogen) atoms. The molecule has 0 saturated heterocycles. The third kappa shape index (κ3) is 4.51. The molecule has 0 radical (unpaired) electrons. The Morgan fingerprint density at radius 2 is 2.00 bits per heavy atom. The Kier molecular flexibility index (Phi) is 5.35. The number of halogens is 3. The molecule has 0 amide bonds. The average molecular weight is 402 g/mol. The first-order valence-corrected chi connectivity index (χ1v) is 10.5. The average Bonchev–Trinajstić information content (AvgIpc) is 2.59. The summed E-state index contributed by atoms with van der Waals surface area (Å²) in [5.74, 6) is 0.336. The van der Waals surface area contributed by atoms with Crippen molar-refractivity contribution in [2.24, 2.45) is 0 Å². The van der Waals surface area contributed by atoms with Gasteiger partial charge in [-0.3, -0.25) is 9.96 Å². The molecular formula is C12H13F3N2O4S3. The molecule has 1 aromatic carbocycles. The van der Waals surface area contributed by atoms with Gasteiger partial charge in [-0.15, -0.1) is 0 Å². The summed E-state index contributed by atoms with van der Waals surface area (Å²) in [7, 11) is -3.67. The molecule has 1 aromatic heterocycles. The molecule has 1 unspecified atom stereocenters. The van der Waals surface area contributed by atoms with Crippen LogP contribution in [0.3, 0.4) is 0 Å². The molecule has 2 aromatic rings. The van der Waals surface area contributed by atoms with Gasteiger partial charge in [-0.1, -0.05) is 11.3 Å². The largest absolute Gasteiger partial charge is 0.611 e. The predicted octanol–water partition coefficient (Wildman–Crippen LogP) is 2.22. The highest BCUT2D eigenvalue weighted by atomic mass is 32.2. The van der Waals surface area contributed by atoms with Crippen LogP contribution in [0.4, 0.5) is 13.2 Å². The second kappa shape index (κ2) is 6.67. The lowest BCUT2D eigenvalue weighted by molar-refractivity contribution is -0.137. The van der Waals surface area contributed by atoms with Gasteiger partial charge < -0.3 is 9.12 Å². The van der Waals surface area contributed by atoms with E-state index >= 15 is 0 Å². The minimum atomic E-state index is -4.46. The van der Waals surface area contributed by atoms with Gasteiger partial charge in [0, 0.05) is 19.0 Å². The van der Waals surface area contributed by atoms with Crippen LogP contribution in [0, 0.1) is 5.41 Å². The van der Waals surface area contributed by atoms with Gasteiger partial charge in [-0.25, -0.2) is 0 Å². The van der Waals surface area contributed by atoms with Crippen LogP contribution in [0.15, 0.2) is 17.0 Å². The fourth-order valence-corrected chi connectivity index (χ4v) is 4.57. The van der Waals surface area contributed by atoms with Gasteiger partial charge in [0.1, 0.15) is 11.3 Å². The Morgan fingerprint density at radius 1 is 1.42 bits per heavy atom. The molecular weight excluding hydrogens is 389 g/mol. The minimum Gasteiger partial charge on any atom is -0.611 e. The van der Waals surface area contributed by atoms with Crippen molar-refractivity contribution in [2.45, 2.75) is 24.0 Å². The number of alkyl halides is 3. The third-order valence-corrected chi connectivity index (χ3v) is 5.45. The van der Waals surface area contributed by atoms with Crippen molar-refractivity contribution in [3.05, 3.63) is 22.5 Å². The molecule has 1 aliphatic rings. The van der Waals surface area contributed by atoms with Crippen LogP contribution in [0.2, 0.25) is 0 Å². The summed E-state index contributed by atoms with van der Waals surface area (Å²) in [5.41, 5.74) is -0.266. The normalized spacial score (nSPS) is 18.0. The van der Waals surface area contributed by atoms with E-state index in [1.807, 2.05) is 0 Å². The number of hydrogen-bond acceptors (Lipinski definition) is 5. The third-order valence-electron chi connectivity index (χ3n) is 3.05. The first kappa shape index (κ1) is 19.2. The molecule has 12 heteroatoms. The molecule has 1 atom stereocenters. The number of aryl methyl sites for hydroxylation is 1. The standard InChI is InChI=1S/C11H9F3N2OS2.CH4O3S/c12-11(13,14)6-4-7-9-8(5-6)19(17)3-1-2-16(9)10(15)18-7;1-5(2,3)4/h4-5,15H,1-3H2;1H3,(H,2,3,4). The van der Waals surface area contributed by atoms with Crippen LogP contribution in [0.1, 0.15) is 12.0 Å². The molecule has 1 aliphatic heterocycles. The number of thiazole rings is 1. The predicted molar refractivity (Wildman–Crippen MR) is 84.0 cm³/mol. The zero-order chi connectivity index (χ0) is 18.3. The Labute approximate surface area is 142 Å². The van der Waals surface area contributed by atoms with Crippen LogP contribution < -0.4 is 4.80 Å². The maximum absolute atomic E-state index is 12.8. The van der Waals surface area contributed by atoms with E-state index in [1.54, 1.807) is 4.57 Å². The molecule has 0 fully saturated rings. The molecule has 3 rings (SSSR count). The van der Waals surface area contributed by atoms with Gasteiger partial charge in [-0.05, 0) is 17.2 Å². The number of benzene rings is 1. The second-order valence-electron chi connectivity index (χ2n) is 5.01. The monoisotopic (exact) mass is 402 g/mol. The Morgan fingerprint density at radius 3 is 2.54 bits per heavy atom. The Balaban J connectivity index is 0.000000368. The van der Waals surface area contributed by atoms with Crippen LogP contribution in [-0.2, 0) is 34.0 Å². The van der Waals surface area contributed by atoms with E-state index < -0.39 is 33.0 Å². The molecule has 2 heterocycles. The number of aromatic nitrogens is 1. The second-order valence-corrected chi connectivity index (χ2v) is 9.05. The van der Waals surface area contributed by atoms with E-state index in [-0.39, 0.29) is 9.70 Å². The van der Waals surface area contributed by atoms with Crippen LogP contribution in [-0.4, -0.2) is 34.1 Å². The fraction of sp³-hybridized carbons (Fsp3) is 0.417. The molecule has 6 nitrogen and oxygen atoms in total. The van der Waals surface area contributed by atoms with Gasteiger partial charge in [0.25, 0.3) is 10.1 Å². The molecule has 0 saturated carbocycles. The first-order valence-electron chi connectivity index (χ1n) is 6.48. The van der Waals surface area contributed by atoms with Gasteiger partial charge in [0.2, 0.25) is 0 Å². The summed E-state index contributed by atoms with van der Waals surface area (Å²) < 4.78 is 78.5. The number of nitrogens with one attached hydrogen (secondary N) is 1. The SMILES string of the molecule is CS(=O)(=O)O.N=c1sc2cc(C(F)(F)F)cc3c2n1CCC[S+]3[O-]. The summed E-state index contributed by atoms with van der Waals surface area (Å²) in [4.78, 5) is 0.409. The highest BCUT2D eigenvalue weighted by Gasteiger charge is 2.34. The number of hydrogen-bond donors (Lipinski definition) is 2. The number of nitrogens with zero attached hydrogens (tertiary/aromatic N) is 1. The molecule has 134 valence electrons. The van der Waals surface area contributed by atoms with Gasteiger partial charge in [0.15, 0.2) is 9.70 Å². The van der Waals surface area contributed by atoms with Crippen LogP contribution >= 0.6 is 11.3 Å². The van der Waals surface area contributed by atoms with Gasteiger partial charge in [-0.2, -0.15) is 21.6 Å². The number of rotatable bonds is 0. The smallest absolute Gasteiger partial charge is 0.416 e. The van der Waals surface area contributed by atoms with Gasteiger partial charge in [0.05, 0.1) is 16.5 Å². The van der Waals surface area contributed by atoms with Crippen molar-refractivity contribution < 1.29 is 30.7 Å². The van der Waals surface area contributed by atoms with Crippen molar-refractivity contribution in [3.8, 4) is 0 Å². The lowest BCUT2D eigenvalue weighted by Gasteiger charge is -2.12. The van der Waals surface area contributed by atoms with E-state index in [4.69, 9.17) is 9.96 Å². The van der Waals surface area contributed by atoms with Crippen molar-refractivity contribution >= 4 is 42.8 Å². The maximum Gasteiger partial charge on any atom is 0.416 e. The van der Waals surface area contributed by atoms with Crippen molar-refractivity contribution in [2.75, 3.05) is 12.0 Å². The summed E-state index contributed by atoms with van der Waals surface area (Å²) in [6, 6.07) is 2.01. The van der Waals surface area contributed by atoms with Crippen LogP contribution in [0.25, 0.3) is 10.2 Å². The summed E-state index contributed by atoms with van der Waals surface area (Å²) in [6.07, 6.45) is -3.14. The van der Waals surface area contributed by atoms with E-state index in [9.17, 15) is 26.1 Å². The zero-order valence-corrected chi connectivity index (χ0v) is 14.7. The van der Waals surface area contributed by atoms with Crippen molar-refractivity contribution in [1.29, 1.82) is 5.41 Å². The van der Waals surface area contributed by atoms with Crippen LogP contribution in [0.5, 0.6) is 0 Å². The minimum absolute atomic E-state index is 0.203. The molecule has 2 N–H and O–H groups in total. The molecule has 0 aliphatic carbocycles. The molecule has 0 spiro atoms. The Hall–Kier alpha value is -1.08. The summed E-state index contributed by atoms with van der Waals surface area (Å²) >= 11 is -0.441. The summed E-state index contributed by atoms with van der Waals surface area (Å²) in [5, 5.41) is 7.82. The van der Waals surface area contributed by atoms with Crippen molar-refractivity contribution in [3.63, 3.8) is 0 Å². The maximum atomic E-state index is 12.8. The highest BCUT2D eigenvalue weighted by Crippen LogP contribution is 2.37. The van der Waals surface area contributed by atoms with E-state index in [1.165, 1.54) is 0 Å². The highest BCUT2D eigenvalue weighted by molar-refractivity contribution is 7.91. The topological polar surface area (TPSA) is 106 Å². The lowest BCUT2D eigenvalue weighted by atomic mass is 10.2. The fourth-order valence-electron chi connectivity index (χ4n) is 2.20. The summed E-state index contributed by atoms with van der Waals surface area (Å²) in [6.45, 7) is 0.531. The zero-order valence-electron chi connectivity index (χ0n) is 12.3. The Bertz CT molecular complexity index is 910. The van der Waals surface area contributed by atoms with E-state index in [2.05, 4.69) is 0 Å².